The number of nitrogens with zero attached hydrogens (tertiary/aromatic N) is 3. The fraction of sp³-hybridized carbons (Fsp3) is 0.571. The molecular weight excluding hydrogens is 483 g/mol. The predicted molar refractivity (Wildman–Crippen MR) is 125 cm³/mol. The number of para-hydroxylation sites is 1. The maximum absolute atomic E-state index is 12.8. The largest absolute Gasteiger partial charge is 0.466 e. The van der Waals surface area contributed by atoms with Crippen LogP contribution in [0.2, 0.25) is 0 Å². The molecule has 0 radical (unpaired) electrons. The Labute approximate surface area is 189 Å². The first-order valence-corrected chi connectivity index (χ1v) is 10.1. The Morgan fingerprint density at radius 1 is 1.24 bits per heavy atom. The molecule has 0 spiro atoms. The molecule has 1 saturated heterocycles. The van der Waals surface area contributed by atoms with Gasteiger partial charge < -0.3 is 19.9 Å². The van der Waals surface area contributed by atoms with Crippen molar-refractivity contribution in [1.82, 2.24) is 10.2 Å². The Morgan fingerprint density at radius 3 is 2.79 bits per heavy atom. The van der Waals surface area contributed by atoms with Crippen molar-refractivity contribution in [2.24, 2.45) is 10.9 Å². The first kappa shape index (κ1) is 23.4. The summed E-state index contributed by atoms with van der Waals surface area (Å²) in [5.74, 6) is 0.403. The van der Waals surface area contributed by atoms with Crippen LogP contribution in [0, 0.1) is 5.92 Å². The number of halogens is 1. The van der Waals surface area contributed by atoms with Gasteiger partial charge in [0.05, 0.1) is 19.1 Å². The summed E-state index contributed by atoms with van der Waals surface area (Å²) in [5, 5.41) is 3.19. The lowest BCUT2D eigenvalue weighted by molar-refractivity contribution is -0.149. The highest BCUT2D eigenvalue weighted by molar-refractivity contribution is 14.0. The van der Waals surface area contributed by atoms with Crippen LogP contribution in [0.4, 0.5) is 5.69 Å². The topological polar surface area (TPSA) is 74.2 Å². The van der Waals surface area contributed by atoms with Crippen LogP contribution in [0.1, 0.15) is 31.7 Å². The minimum absolute atomic E-state index is 0. The number of hydrogen-bond donors (Lipinski definition) is 1. The molecule has 2 aliphatic rings. The molecule has 1 aromatic carbocycles. The normalized spacial score (nSPS) is 19.1. The summed E-state index contributed by atoms with van der Waals surface area (Å²) >= 11 is 0. The quantitative estimate of drug-likeness (QED) is 0.289. The van der Waals surface area contributed by atoms with Crippen LogP contribution in [0.5, 0.6) is 0 Å². The first-order valence-electron chi connectivity index (χ1n) is 10.1. The predicted octanol–water partition coefficient (Wildman–Crippen LogP) is 2.43. The van der Waals surface area contributed by atoms with Gasteiger partial charge in [-0.15, -0.1) is 24.0 Å². The number of hydrogen-bond acceptors (Lipinski definition) is 4. The molecule has 1 aromatic rings. The van der Waals surface area contributed by atoms with E-state index in [0.29, 0.717) is 19.1 Å². The van der Waals surface area contributed by atoms with E-state index < -0.39 is 0 Å². The van der Waals surface area contributed by atoms with Crippen molar-refractivity contribution in [2.75, 3.05) is 44.7 Å². The summed E-state index contributed by atoms with van der Waals surface area (Å²) in [6, 6.07) is 8.09. The van der Waals surface area contributed by atoms with Gasteiger partial charge in [0.25, 0.3) is 0 Å². The molecule has 3 rings (SSSR count). The second-order valence-corrected chi connectivity index (χ2v) is 7.22. The highest BCUT2D eigenvalue weighted by atomic mass is 127. The molecule has 0 aromatic heterocycles. The summed E-state index contributed by atoms with van der Waals surface area (Å²) in [7, 11) is 1.71. The zero-order valence-corrected chi connectivity index (χ0v) is 19.6. The number of esters is 1. The smallest absolute Gasteiger partial charge is 0.310 e. The number of piperidine rings is 1. The number of carbonyl (C=O) groups excluding carboxylic acids is 2. The minimum atomic E-state index is -0.149. The molecule has 29 heavy (non-hydrogen) atoms. The van der Waals surface area contributed by atoms with Crippen LogP contribution in [0.25, 0.3) is 0 Å². The number of rotatable bonds is 4. The molecule has 1 fully saturated rings. The van der Waals surface area contributed by atoms with Crippen molar-refractivity contribution in [2.45, 2.75) is 32.6 Å². The Bertz CT molecular complexity index is 740. The third-order valence-electron chi connectivity index (χ3n) is 5.36. The van der Waals surface area contributed by atoms with E-state index in [1.165, 1.54) is 5.56 Å². The average Bonchev–Trinajstić information content (AvgIpc) is 2.74. The van der Waals surface area contributed by atoms with E-state index >= 15 is 0 Å². The number of amides is 1. The van der Waals surface area contributed by atoms with Crippen LogP contribution in [-0.4, -0.2) is 62.6 Å². The maximum atomic E-state index is 12.8. The lowest BCUT2D eigenvalue weighted by Gasteiger charge is -2.34. The third-order valence-corrected chi connectivity index (χ3v) is 5.36. The highest BCUT2D eigenvalue weighted by Gasteiger charge is 2.29. The molecule has 8 heteroatoms. The minimum Gasteiger partial charge on any atom is -0.466 e. The van der Waals surface area contributed by atoms with E-state index in [1.807, 2.05) is 34.9 Å². The average molecular weight is 514 g/mol. The molecule has 0 bridgehead atoms. The van der Waals surface area contributed by atoms with E-state index in [2.05, 4.69) is 16.4 Å². The summed E-state index contributed by atoms with van der Waals surface area (Å²) in [5.41, 5.74) is 2.23. The van der Waals surface area contributed by atoms with Crippen LogP contribution in [-0.2, 0) is 20.7 Å². The summed E-state index contributed by atoms with van der Waals surface area (Å²) < 4.78 is 5.17. The first-order chi connectivity index (χ1) is 13.6. The number of fused-ring (bicyclic) bond motifs is 1. The van der Waals surface area contributed by atoms with Crippen LogP contribution in [0.3, 0.4) is 0 Å². The van der Waals surface area contributed by atoms with E-state index in [1.54, 1.807) is 7.05 Å². The van der Waals surface area contributed by atoms with Gasteiger partial charge in [0.15, 0.2) is 5.96 Å². The number of nitrogens with one attached hydrogen (secondary N) is 1. The summed E-state index contributed by atoms with van der Waals surface area (Å²) in [6.07, 6.45) is 3.72. The lowest BCUT2D eigenvalue weighted by atomic mass is 9.98. The third kappa shape index (κ3) is 5.83. The van der Waals surface area contributed by atoms with Crippen LogP contribution >= 0.6 is 24.0 Å². The fourth-order valence-corrected chi connectivity index (χ4v) is 4.00. The van der Waals surface area contributed by atoms with E-state index in [-0.39, 0.29) is 48.3 Å². The monoisotopic (exact) mass is 514 g/mol. The van der Waals surface area contributed by atoms with Gasteiger partial charge in [-0.25, -0.2) is 0 Å². The second-order valence-electron chi connectivity index (χ2n) is 7.22. The molecule has 1 atom stereocenters. The molecule has 1 amide bonds. The number of anilines is 1. The summed E-state index contributed by atoms with van der Waals surface area (Å²) in [4.78, 5) is 33.1. The van der Waals surface area contributed by atoms with Gasteiger partial charge in [0, 0.05) is 32.4 Å². The number of carbonyl (C=O) groups is 2. The molecular formula is C21H31IN4O3. The Balaban J connectivity index is 0.00000300. The molecule has 7 nitrogen and oxygen atoms in total. The zero-order chi connectivity index (χ0) is 19.9. The number of ether oxygens (including phenoxy) is 1. The van der Waals surface area contributed by atoms with E-state index in [4.69, 9.17) is 4.74 Å². The van der Waals surface area contributed by atoms with Crippen molar-refractivity contribution >= 4 is 47.5 Å². The number of aliphatic imine (C=N–C) groups is 1. The molecule has 1 N–H and O–H groups in total. The number of aryl methyl sites for hydroxylation is 1. The number of guanidine groups is 1. The van der Waals surface area contributed by atoms with Gasteiger partial charge in [-0.1, -0.05) is 18.2 Å². The van der Waals surface area contributed by atoms with Crippen LogP contribution < -0.4 is 10.2 Å². The van der Waals surface area contributed by atoms with Gasteiger partial charge in [-0.05, 0) is 44.2 Å². The van der Waals surface area contributed by atoms with E-state index in [0.717, 1.165) is 44.5 Å². The van der Waals surface area contributed by atoms with Gasteiger partial charge in [0.2, 0.25) is 5.91 Å². The van der Waals surface area contributed by atoms with Crippen molar-refractivity contribution in [1.29, 1.82) is 0 Å². The van der Waals surface area contributed by atoms with Gasteiger partial charge in [0.1, 0.15) is 0 Å². The fourth-order valence-electron chi connectivity index (χ4n) is 4.00. The molecule has 0 saturated carbocycles. The Kier molecular flexibility index (Phi) is 9.19. The van der Waals surface area contributed by atoms with Crippen molar-refractivity contribution in [3.63, 3.8) is 0 Å². The van der Waals surface area contributed by atoms with Crippen molar-refractivity contribution in [3.05, 3.63) is 29.8 Å². The van der Waals surface area contributed by atoms with Crippen molar-refractivity contribution < 1.29 is 14.3 Å². The second kappa shape index (κ2) is 11.4. The zero-order valence-electron chi connectivity index (χ0n) is 17.2. The highest BCUT2D eigenvalue weighted by Crippen LogP contribution is 2.26. The number of likely N-dealkylation sites (tertiary alicyclic amines) is 1. The molecule has 160 valence electrons. The molecule has 2 heterocycles. The molecule has 2 aliphatic heterocycles. The van der Waals surface area contributed by atoms with Crippen LogP contribution in [0.15, 0.2) is 29.3 Å². The molecule has 0 aliphatic carbocycles. The lowest BCUT2D eigenvalue weighted by Crippen LogP contribution is -2.51. The number of benzene rings is 1. The Hall–Kier alpha value is -1.84. The van der Waals surface area contributed by atoms with Gasteiger partial charge in [-0.3, -0.25) is 14.6 Å². The van der Waals surface area contributed by atoms with Gasteiger partial charge >= 0.3 is 5.97 Å². The maximum Gasteiger partial charge on any atom is 0.310 e. The summed E-state index contributed by atoms with van der Waals surface area (Å²) in [6.45, 7) is 4.53. The van der Waals surface area contributed by atoms with Crippen molar-refractivity contribution in [3.8, 4) is 0 Å². The standard InChI is InChI=1S/C21H30N4O3.HI/c1-3-28-20(27)17-10-6-12-24(15-17)21(22-2)23-14-19(26)25-13-7-9-16-8-4-5-11-18(16)25;/h4-5,8,11,17H,3,6-7,9-10,12-15H2,1-2H3,(H,22,23);1H. The SMILES string of the molecule is CCOC(=O)C1CCCN(C(=NC)NCC(=O)N2CCCc3ccccc32)C1.I. The molecule has 1 unspecified atom stereocenters. The Morgan fingerprint density at radius 2 is 2.03 bits per heavy atom. The van der Waals surface area contributed by atoms with Gasteiger partial charge in [-0.2, -0.15) is 0 Å². The van der Waals surface area contributed by atoms with E-state index in [9.17, 15) is 9.59 Å².